The molecule has 1 rings (SSSR count). The molecule has 0 aliphatic carbocycles. The molecule has 0 aliphatic rings. The average molecular weight is 459 g/mol. The predicted molar refractivity (Wildman–Crippen MR) is 126 cm³/mol. The van der Waals surface area contributed by atoms with Crippen LogP contribution in [-0.4, -0.2) is 56.8 Å². The quantitative estimate of drug-likeness (QED) is 0.213. The normalized spacial score (nSPS) is 12.2. The van der Waals surface area contributed by atoms with Gasteiger partial charge in [-0.15, -0.1) is 0 Å². The summed E-state index contributed by atoms with van der Waals surface area (Å²) in [5, 5.41) is 0. The second-order valence-electron chi connectivity index (χ2n) is 7.55. The number of rotatable bonds is 18. The largest absolute Gasteiger partial charge is 0.501 e. The summed E-state index contributed by atoms with van der Waals surface area (Å²) in [4.78, 5) is 0. The summed E-state index contributed by atoms with van der Waals surface area (Å²) in [5.41, 5.74) is 0. The van der Waals surface area contributed by atoms with Gasteiger partial charge in [-0.3, -0.25) is 0 Å². The van der Waals surface area contributed by atoms with Crippen molar-refractivity contribution in [2.75, 3.05) is 39.6 Å². The zero-order valence-electron chi connectivity index (χ0n) is 19.8. The maximum Gasteiger partial charge on any atom is 0.501 e. The monoisotopic (exact) mass is 458 g/mol. The SMILES string of the molecule is CCO[Si](C)(C)CCCOc1ccc(OCCC[Si](OCC)(OCC)OCC)cc1. The molecule has 30 heavy (non-hydrogen) atoms. The van der Waals surface area contributed by atoms with Gasteiger partial charge in [-0.05, 0) is 83.9 Å². The summed E-state index contributed by atoms with van der Waals surface area (Å²) in [6.45, 7) is 16.4. The molecule has 0 saturated carbocycles. The van der Waals surface area contributed by atoms with Crippen LogP contribution in [0, 0.1) is 0 Å². The maximum atomic E-state index is 5.88. The minimum Gasteiger partial charge on any atom is -0.494 e. The van der Waals surface area contributed by atoms with Gasteiger partial charge in [-0.1, -0.05) is 0 Å². The highest BCUT2D eigenvalue weighted by Gasteiger charge is 2.39. The van der Waals surface area contributed by atoms with E-state index in [-0.39, 0.29) is 0 Å². The van der Waals surface area contributed by atoms with Gasteiger partial charge in [-0.2, -0.15) is 0 Å². The van der Waals surface area contributed by atoms with Crippen LogP contribution < -0.4 is 9.47 Å². The van der Waals surface area contributed by atoms with Crippen molar-refractivity contribution in [1.29, 1.82) is 0 Å². The van der Waals surface area contributed by atoms with Crippen LogP contribution >= 0.6 is 0 Å². The number of hydrogen-bond donors (Lipinski definition) is 0. The van der Waals surface area contributed by atoms with Crippen molar-refractivity contribution < 1.29 is 27.2 Å². The summed E-state index contributed by atoms with van der Waals surface area (Å²) in [5.74, 6) is 1.71. The van der Waals surface area contributed by atoms with E-state index in [0.717, 1.165) is 43.0 Å². The fourth-order valence-electron chi connectivity index (χ4n) is 3.26. The molecule has 1 aromatic rings. The number of ether oxygens (including phenoxy) is 2. The molecule has 0 unspecified atom stereocenters. The molecule has 6 nitrogen and oxygen atoms in total. The highest BCUT2D eigenvalue weighted by atomic mass is 28.4. The van der Waals surface area contributed by atoms with E-state index in [9.17, 15) is 0 Å². The van der Waals surface area contributed by atoms with Crippen LogP contribution in [0.4, 0.5) is 0 Å². The van der Waals surface area contributed by atoms with Crippen LogP contribution in [0.2, 0.25) is 25.2 Å². The molecule has 0 fully saturated rings. The fraction of sp³-hybridized carbons (Fsp3) is 0.727. The lowest BCUT2D eigenvalue weighted by molar-refractivity contribution is 0.0696. The lowest BCUT2D eigenvalue weighted by atomic mass is 10.3. The Balaban J connectivity index is 2.35. The molecule has 0 radical (unpaired) electrons. The smallest absolute Gasteiger partial charge is 0.494 e. The van der Waals surface area contributed by atoms with Gasteiger partial charge >= 0.3 is 8.80 Å². The molecular formula is C22H42O6Si2. The van der Waals surface area contributed by atoms with Gasteiger partial charge in [0.15, 0.2) is 8.32 Å². The molecular weight excluding hydrogens is 416 g/mol. The fourth-order valence-corrected chi connectivity index (χ4v) is 7.76. The van der Waals surface area contributed by atoms with E-state index in [0.29, 0.717) is 33.0 Å². The van der Waals surface area contributed by atoms with Crippen molar-refractivity contribution in [1.82, 2.24) is 0 Å². The third-order valence-electron chi connectivity index (χ3n) is 4.54. The summed E-state index contributed by atoms with van der Waals surface area (Å²) >= 11 is 0. The van der Waals surface area contributed by atoms with Gasteiger partial charge in [0, 0.05) is 32.5 Å². The first-order chi connectivity index (χ1) is 14.4. The molecule has 0 spiro atoms. The van der Waals surface area contributed by atoms with Gasteiger partial charge in [0.25, 0.3) is 0 Å². The van der Waals surface area contributed by atoms with Gasteiger partial charge in [0.2, 0.25) is 0 Å². The summed E-state index contributed by atoms with van der Waals surface area (Å²) in [6.07, 6.45) is 1.84. The minimum absolute atomic E-state index is 0.597. The Labute approximate surface area is 185 Å². The van der Waals surface area contributed by atoms with E-state index >= 15 is 0 Å². The van der Waals surface area contributed by atoms with E-state index in [1.165, 1.54) is 0 Å². The Morgan fingerprint density at radius 1 is 0.600 bits per heavy atom. The molecule has 0 amide bonds. The third-order valence-corrected chi connectivity index (χ3v) is 10.3. The van der Waals surface area contributed by atoms with E-state index in [4.69, 9.17) is 27.2 Å². The van der Waals surface area contributed by atoms with E-state index < -0.39 is 17.1 Å². The van der Waals surface area contributed by atoms with Crippen LogP contribution in [0.5, 0.6) is 11.5 Å². The number of benzene rings is 1. The Hall–Kier alpha value is -0.906. The van der Waals surface area contributed by atoms with Crippen LogP contribution in [0.3, 0.4) is 0 Å². The standard InChI is InChI=1S/C22H42O6Si2/c1-7-25-29(5,6)19-11-17-23-21-13-15-22(16-14-21)24-18-12-20-30(26-8-2,27-9-3)28-10-4/h13-16H,7-12,17-20H2,1-6H3. The van der Waals surface area contributed by atoms with Crippen molar-refractivity contribution in [3.63, 3.8) is 0 Å². The molecule has 8 heteroatoms. The van der Waals surface area contributed by atoms with Crippen molar-refractivity contribution in [2.45, 2.75) is 65.7 Å². The summed E-state index contributed by atoms with van der Waals surface area (Å²) in [6, 6.07) is 9.68. The van der Waals surface area contributed by atoms with Crippen LogP contribution in [0.15, 0.2) is 24.3 Å². The molecule has 0 heterocycles. The Morgan fingerprint density at radius 3 is 1.40 bits per heavy atom. The molecule has 0 N–H and O–H groups in total. The van der Waals surface area contributed by atoms with Crippen molar-refractivity contribution in [2.24, 2.45) is 0 Å². The predicted octanol–water partition coefficient (Wildman–Crippen LogP) is 5.51. The topological polar surface area (TPSA) is 55.4 Å². The van der Waals surface area contributed by atoms with Gasteiger partial charge in [0.1, 0.15) is 11.5 Å². The minimum atomic E-state index is -2.59. The zero-order valence-corrected chi connectivity index (χ0v) is 21.8. The van der Waals surface area contributed by atoms with Crippen LogP contribution in [-0.2, 0) is 17.7 Å². The molecule has 0 aromatic heterocycles. The molecule has 0 atom stereocenters. The van der Waals surface area contributed by atoms with Crippen molar-refractivity contribution in [3.05, 3.63) is 24.3 Å². The van der Waals surface area contributed by atoms with Gasteiger partial charge in [-0.25, -0.2) is 0 Å². The summed E-state index contributed by atoms with van der Waals surface area (Å²) in [7, 11) is -4.11. The second kappa shape index (κ2) is 15.0. The Kier molecular flexibility index (Phi) is 13.6. The average Bonchev–Trinajstić information content (AvgIpc) is 2.70. The van der Waals surface area contributed by atoms with Gasteiger partial charge in [0.05, 0.1) is 13.2 Å². The van der Waals surface area contributed by atoms with E-state index in [1.807, 2.05) is 45.0 Å². The van der Waals surface area contributed by atoms with Gasteiger partial charge < -0.3 is 27.2 Å². The lowest BCUT2D eigenvalue weighted by Crippen LogP contribution is -2.46. The van der Waals surface area contributed by atoms with Crippen molar-refractivity contribution >= 4 is 17.1 Å². The lowest BCUT2D eigenvalue weighted by Gasteiger charge is -2.28. The highest BCUT2D eigenvalue weighted by molar-refractivity contribution is 6.71. The van der Waals surface area contributed by atoms with Crippen molar-refractivity contribution in [3.8, 4) is 11.5 Å². The first kappa shape index (κ1) is 27.1. The first-order valence-corrected chi connectivity index (χ1v) is 16.4. The molecule has 0 saturated heterocycles. The third kappa shape index (κ3) is 10.9. The zero-order chi connectivity index (χ0) is 22.3. The van der Waals surface area contributed by atoms with Crippen LogP contribution in [0.1, 0.15) is 40.5 Å². The molecule has 1 aromatic carbocycles. The molecule has 0 bridgehead atoms. The molecule has 0 aliphatic heterocycles. The first-order valence-electron chi connectivity index (χ1n) is 11.3. The Morgan fingerprint density at radius 2 is 1.00 bits per heavy atom. The van der Waals surface area contributed by atoms with E-state index in [2.05, 4.69) is 20.0 Å². The Bertz CT molecular complexity index is 536. The molecule has 174 valence electrons. The maximum absolute atomic E-state index is 5.88. The van der Waals surface area contributed by atoms with E-state index in [1.54, 1.807) is 0 Å². The number of hydrogen-bond acceptors (Lipinski definition) is 6. The second-order valence-corrected chi connectivity index (χ2v) is 14.6. The summed E-state index contributed by atoms with van der Waals surface area (Å²) < 4.78 is 35.2. The highest BCUT2D eigenvalue weighted by Crippen LogP contribution is 2.21. The van der Waals surface area contributed by atoms with Crippen LogP contribution in [0.25, 0.3) is 0 Å².